The normalized spacial score (nSPS) is 25.0. The van der Waals surface area contributed by atoms with Gasteiger partial charge in [0.25, 0.3) is 0 Å². The first-order valence-corrected chi connectivity index (χ1v) is 5.21. The van der Waals surface area contributed by atoms with Gasteiger partial charge in [0.2, 0.25) is 0 Å². The zero-order chi connectivity index (χ0) is 11.4. The predicted molar refractivity (Wildman–Crippen MR) is 59.7 cm³/mol. The lowest BCUT2D eigenvalue weighted by atomic mass is 10.0. The largest absolute Gasteiger partial charge is 0.352 e. The Morgan fingerprint density at radius 3 is 2.75 bits per heavy atom. The number of carbonyl (C=O) groups is 1. The summed E-state index contributed by atoms with van der Waals surface area (Å²) in [6.45, 7) is 1.82. The van der Waals surface area contributed by atoms with Crippen LogP contribution in [-0.4, -0.2) is 25.7 Å². The first-order valence-electron chi connectivity index (χ1n) is 5.21. The Bertz CT molecular complexity index is 361. The minimum atomic E-state index is -0.842. The highest BCUT2D eigenvalue weighted by molar-refractivity contribution is 5.72. The van der Waals surface area contributed by atoms with Crippen LogP contribution < -0.4 is 16.4 Å². The molecule has 86 valence electrons. The van der Waals surface area contributed by atoms with Crippen molar-refractivity contribution in [1.82, 2.24) is 10.6 Å². The van der Waals surface area contributed by atoms with Crippen molar-refractivity contribution in [3.63, 3.8) is 0 Å². The maximum absolute atomic E-state index is 11.0. The van der Waals surface area contributed by atoms with Crippen molar-refractivity contribution in [2.75, 3.05) is 19.7 Å². The highest BCUT2D eigenvalue weighted by Crippen LogP contribution is 2.23. The van der Waals surface area contributed by atoms with Crippen molar-refractivity contribution in [2.45, 2.75) is 5.72 Å². The molecule has 4 N–H and O–H groups in total. The monoisotopic (exact) mass is 221 g/mol. The summed E-state index contributed by atoms with van der Waals surface area (Å²) in [5.74, 6) is 0. The summed E-state index contributed by atoms with van der Waals surface area (Å²) in [5, 5.41) is 5.85. The number of urea groups is 1. The maximum atomic E-state index is 11.0. The molecule has 5 nitrogen and oxygen atoms in total. The van der Waals surface area contributed by atoms with Crippen molar-refractivity contribution in [2.24, 2.45) is 5.73 Å². The van der Waals surface area contributed by atoms with Crippen LogP contribution in [0.5, 0.6) is 0 Å². The smallest absolute Gasteiger partial charge is 0.314 e. The quantitative estimate of drug-likeness (QED) is 0.664. The maximum Gasteiger partial charge on any atom is 0.314 e. The Balaban J connectivity index is 2.29. The predicted octanol–water partition coefficient (Wildman–Crippen LogP) is 0.127. The summed E-state index contributed by atoms with van der Waals surface area (Å²) in [5.41, 5.74) is 5.24. The number of benzene rings is 1. The Morgan fingerprint density at radius 1 is 1.44 bits per heavy atom. The van der Waals surface area contributed by atoms with Crippen molar-refractivity contribution < 1.29 is 9.53 Å². The average Bonchev–Trinajstić information content (AvgIpc) is 2.30. The summed E-state index contributed by atoms with van der Waals surface area (Å²) >= 11 is 0. The summed E-state index contributed by atoms with van der Waals surface area (Å²) in [7, 11) is 0. The van der Waals surface area contributed by atoms with Crippen LogP contribution >= 0.6 is 0 Å². The number of hydrogen-bond donors (Lipinski definition) is 3. The van der Waals surface area contributed by atoms with E-state index in [-0.39, 0.29) is 0 Å². The van der Waals surface area contributed by atoms with E-state index in [1.54, 1.807) is 0 Å². The molecule has 2 rings (SSSR count). The van der Waals surface area contributed by atoms with Gasteiger partial charge in [0.15, 0.2) is 5.72 Å². The standard InChI is InChI=1S/C11H15N3O2/c12-10(15)14-11(8-13-6-7-16-11)9-4-2-1-3-5-9/h1-5,13H,6-8H2,(H3,12,14,15). The number of carbonyl (C=O) groups excluding carboxylic acids is 1. The van der Waals surface area contributed by atoms with Gasteiger partial charge in [0.1, 0.15) is 0 Å². The Labute approximate surface area is 94.0 Å². The van der Waals surface area contributed by atoms with Crippen LogP contribution in [0.15, 0.2) is 30.3 Å². The van der Waals surface area contributed by atoms with Gasteiger partial charge in [0, 0.05) is 18.7 Å². The number of rotatable bonds is 2. The number of nitrogens with two attached hydrogens (primary N) is 1. The number of amides is 2. The van der Waals surface area contributed by atoms with Crippen LogP contribution in [0, 0.1) is 0 Å². The van der Waals surface area contributed by atoms with E-state index in [2.05, 4.69) is 10.6 Å². The van der Waals surface area contributed by atoms with Gasteiger partial charge < -0.3 is 21.1 Å². The Morgan fingerprint density at radius 2 is 2.19 bits per heavy atom. The van der Waals surface area contributed by atoms with Crippen LogP contribution in [-0.2, 0) is 10.5 Å². The molecule has 0 saturated carbocycles. The number of ether oxygens (including phenoxy) is 1. The van der Waals surface area contributed by atoms with Gasteiger partial charge in [-0.15, -0.1) is 0 Å². The Hall–Kier alpha value is -1.59. The molecule has 0 bridgehead atoms. The van der Waals surface area contributed by atoms with Crippen LogP contribution in [0.4, 0.5) is 4.79 Å². The van der Waals surface area contributed by atoms with E-state index in [1.807, 2.05) is 30.3 Å². The molecule has 16 heavy (non-hydrogen) atoms. The minimum Gasteiger partial charge on any atom is -0.352 e. The fraction of sp³-hybridized carbons (Fsp3) is 0.364. The van der Waals surface area contributed by atoms with Crippen molar-refractivity contribution >= 4 is 6.03 Å². The van der Waals surface area contributed by atoms with Crippen LogP contribution in [0.1, 0.15) is 5.56 Å². The molecule has 0 radical (unpaired) electrons. The first kappa shape index (κ1) is 10.9. The molecule has 1 unspecified atom stereocenters. The third kappa shape index (κ3) is 2.15. The van der Waals surface area contributed by atoms with Crippen molar-refractivity contribution in [3.8, 4) is 0 Å². The molecule has 1 fully saturated rings. The molecule has 1 atom stereocenters. The molecule has 1 saturated heterocycles. The second kappa shape index (κ2) is 4.51. The third-order valence-corrected chi connectivity index (χ3v) is 2.57. The lowest BCUT2D eigenvalue weighted by Gasteiger charge is -2.38. The van der Waals surface area contributed by atoms with Crippen LogP contribution in [0.25, 0.3) is 0 Å². The lowest BCUT2D eigenvalue weighted by Crippen LogP contribution is -2.59. The molecule has 0 aliphatic carbocycles. The zero-order valence-corrected chi connectivity index (χ0v) is 8.90. The number of morpholine rings is 1. The van der Waals surface area contributed by atoms with E-state index < -0.39 is 11.8 Å². The highest BCUT2D eigenvalue weighted by atomic mass is 16.5. The van der Waals surface area contributed by atoms with E-state index in [0.29, 0.717) is 13.2 Å². The average molecular weight is 221 g/mol. The summed E-state index contributed by atoms with van der Waals surface area (Å²) in [6, 6.07) is 8.94. The van der Waals surface area contributed by atoms with Crippen molar-refractivity contribution in [1.29, 1.82) is 0 Å². The molecule has 1 aliphatic heterocycles. The third-order valence-electron chi connectivity index (χ3n) is 2.57. The van der Waals surface area contributed by atoms with E-state index in [4.69, 9.17) is 10.5 Å². The summed E-state index contributed by atoms with van der Waals surface area (Å²) in [4.78, 5) is 11.0. The molecule has 1 aliphatic rings. The molecular formula is C11H15N3O2. The van der Waals surface area contributed by atoms with Crippen molar-refractivity contribution in [3.05, 3.63) is 35.9 Å². The van der Waals surface area contributed by atoms with Gasteiger partial charge in [-0.3, -0.25) is 0 Å². The minimum absolute atomic E-state index is 0.514. The zero-order valence-electron chi connectivity index (χ0n) is 8.90. The summed E-state index contributed by atoms with van der Waals surface area (Å²) in [6.07, 6.45) is 0. The molecule has 0 aromatic heterocycles. The Kier molecular flexibility index (Phi) is 3.07. The molecule has 1 heterocycles. The number of hydrogen-bond acceptors (Lipinski definition) is 3. The fourth-order valence-electron chi connectivity index (χ4n) is 1.86. The topological polar surface area (TPSA) is 76.4 Å². The second-order valence-corrected chi connectivity index (χ2v) is 3.71. The molecule has 1 aromatic rings. The number of nitrogens with one attached hydrogen (secondary N) is 2. The molecule has 0 spiro atoms. The SMILES string of the molecule is NC(=O)NC1(c2ccccc2)CNCCO1. The van der Waals surface area contributed by atoms with E-state index in [9.17, 15) is 4.79 Å². The molecular weight excluding hydrogens is 206 g/mol. The molecule has 2 amide bonds. The first-order chi connectivity index (χ1) is 7.73. The van der Waals surface area contributed by atoms with E-state index >= 15 is 0 Å². The van der Waals surface area contributed by atoms with Gasteiger partial charge in [-0.2, -0.15) is 0 Å². The van der Waals surface area contributed by atoms with E-state index in [1.165, 1.54) is 0 Å². The molecule has 5 heteroatoms. The fourth-order valence-corrected chi connectivity index (χ4v) is 1.86. The van der Waals surface area contributed by atoms with Gasteiger partial charge >= 0.3 is 6.03 Å². The lowest BCUT2D eigenvalue weighted by molar-refractivity contribution is -0.0858. The van der Waals surface area contributed by atoms with Gasteiger partial charge in [-0.25, -0.2) is 4.79 Å². The van der Waals surface area contributed by atoms with Gasteiger partial charge in [0.05, 0.1) is 6.61 Å². The van der Waals surface area contributed by atoms with Crippen LogP contribution in [0.3, 0.4) is 0 Å². The molecule has 1 aromatic carbocycles. The number of primary amides is 1. The van der Waals surface area contributed by atoms with Gasteiger partial charge in [-0.1, -0.05) is 30.3 Å². The van der Waals surface area contributed by atoms with Crippen LogP contribution in [0.2, 0.25) is 0 Å². The highest BCUT2D eigenvalue weighted by Gasteiger charge is 2.36. The second-order valence-electron chi connectivity index (χ2n) is 3.71. The summed E-state index contributed by atoms with van der Waals surface area (Å²) < 4.78 is 5.69. The van der Waals surface area contributed by atoms with Gasteiger partial charge in [-0.05, 0) is 0 Å². The van der Waals surface area contributed by atoms with E-state index in [0.717, 1.165) is 12.1 Å².